The number of nitrogens with one attached hydrogen (secondary N) is 1. The van der Waals surface area contributed by atoms with E-state index < -0.39 is 5.97 Å². The zero-order valence-electron chi connectivity index (χ0n) is 19.5. The number of carboxylic acid groups (broad SMARTS) is 1. The van der Waals surface area contributed by atoms with Gasteiger partial charge in [0.15, 0.2) is 11.4 Å². The molecule has 5 rings (SSSR count). The number of aromatic carboxylic acids is 1. The lowest BCUT2D eigenvalue weighted by molar-refractivity contribution is 0.0702. The van der Waals surface area contributed by atoms with Gasteiger partial charge in [0.1, 0.15) is 10.6 Å². The number of carbonyl (C=O) groups is 1. The zero-order chi connectivity index (χ0) is 24.9. The molecule has 8 nitrogen and oxygen atoms in total. The van der Waals surface area contributed by atoms with Crippen LogP contribution in [0.4, 0.5) is 11.4 Å². The second kappa shape index (κ2) is 8.35. The number of H-pyrrole nitrogens is 1. The van der Waals surface area contributed by atoms with Crippen molar-refractivity contribution in [2.45, 2.75) is 39.0 Å². The fourth-order valence-electron chi connectivity index (χ4n) is 4.52. The molecule has 0 saturated carbocycles. The monoisotopic (exact) mass is 488 g/mol. The van der Waals surface area contributed by atoms with Gasteiger partial charge in [-0.1, -0.05) is 26.0 Å². The molecule has 0 spiro atoms. The molecule has 0 saturated heterocycles. The van der Waals surface area contributed by atoms with Crippen molar-refractivity contribution in [1.29, 1.82) is 0 Å². The minimum absolute atomic E-state index is 0.134. The van der Waals surface area contributed by atoms with Crippen LogP contribution in [0.15, 0.2) is 63.6 Å². The van der Waals surface area contributed by atoms with Crippen LogP contribution in [0.3, 0.4) is 0 Å². The molecule has 2 aromatic heterocycles. The lowest BCUT2D eigenvalue weighted by atomic mass is 9.87. The Balaban J connectivity index is 1.47. The summed E-state index contributed by atoms with van der Waals surface area (Å²) in [5, 5.41) is 31.3. The van der Waals surface area contributed by atoms with Gasteiger partial charge in [0.25, 0.3) is 5.56 Å². The number of aromatic nitrogens is 2. The summed E-state index contributed by atoms with van der Waals surface area (Å²) < 4.78 is 1.46. The molecule has 3 N–H and O–H groups in total. The van der Waals surface area contributed by atoms with Gasteiger partial charge in [0, 0.05) is 10.4 Å². The van der Waals surface area contributed by atoms with Crippen LogP contribution in [0.2, 0.25) is 0 Å². The quantitative estimate of drug-likeness (QED) is 0.288. The number of phenolic OH excluding ortho intramolecular Hbond substituents is 1. The summed E-state index contributed by atoms with van der Waals surface area (Å²) in [6.45, 7) is 6.21. The first-order valence-corrected chi connectivity index (χ1v) is 12.0. The number of aryl methyl sites for hydroxylation is 2. The summed E-state index contributed by atoms with van der Waals surface area (Å²) in [7, 11) is 0. The van der Waals surface area contributed by atoms with E-state index in [1.54, 1.807) is 31.2 Å². The highest BCUT2D eigenvalue weighted by atomic mass is 32.1. The predicted octanol–water partition coefficient (Wildman–Crippen LogP) is 6.25. The van der Waals surface area contributed by atoms with Gasteiger partial charge in [-0.15, -0.1) is 21.6 Å². The SMILES string of the molecule is Cc1[nH]n(-c2ccc3c(c2)CCC3(C)C)c(=O)c1N=Nc1cccc(-c2ccc(C(=O)O)s2)c1O. The van der Waals surface area contributed by atoms with Crippen molar-refractivity contribution in [3.8, 4) is 21.9 Å². The second-order valence-electron chi connectivity index (χ2n) is 9.29. The van der Waals surface area contributed by atoms with Crippen LogP contribution in [0.5, 0.6) is 5.75 Å². The maximum atomic E-state index is 13.1. The fraction of sp³-hybridized carbons (Fsp3) is 0.231. The lowest BCUT2D eigenvalue weighted by Crippen LogP contribution is -2.15. The summed E-state index contributed by atoms with van der Waals surface area (Å²) in [5.41, 5.74) is 4.45. The third kappa shape index (κ3) is 3.97. The number of hydrogen-bond donors (Lipinski definition) is 3. The second-order valence-corrected chi connectivity index (χ2v) is 10.4. The average Bonchev–Trinajstić information content (AvgIpc) is 3.50. The van der Waals surface area contributed by atoms with Crippen LogP contribution in [0, 0.1) is 6.92 Å². The van der Waals surface area contributed by atoms with Gasteiger partial charge >= 0.3 is 5.97 Å². The van der Waals surface area contributed by atoms with E-state index in [9.17, 15) is 14.7 Å². The van der Waals surface area contributed by atoms with Crippen LogP contribution in [0.1, 0.15) is 46.8 Å². The molecule has 0 fully saturated rings. The van der Waals surface area contributed by atoms with Gasteiger partial charge < -0.3 is 10.2 Å². The van der Waals surface area contributed by atoms with Crippen molar-refractivity contribution < 1.29 is 15.0 Å². The number of fused-ring (bicyclic) bond motifs is 1. The molecule has 0 aliphatic heterocycles. The van der Waals surface area contributed by atoms with E-state index in [4.69, 9.17) is 5.11 Å². The number of rotatable bonds is 5. The molecule has 0 bridgehead atoms. The fourth-order valence-corrected chi connectivity index (χ4v) is 5.39. The van der Waals surface area contributed by atoms with Crippen molar-refractivity contribution in [1.82, 2.24) is 9.78 Å². The molecule has 4 aromatic rings. The van der Waals surface area contributed by atoms with Gasteiger partial charge in [-0.2, -0.15) is 0 Å². The molecule has 2 aromatic carbocycles. The normalized spacial score (nSPS) is 14.5. The van der Waals surface area contributed by atoms with E-state index in [2.05, 4.69) is 35.2 Å². The van der Waals surface area contributed by atoms with E-state index in [0.717, 1.165) is 29.9 Å². The molecule has 0 amide bonds. The molecular formula is C26H24N4O4S. The number of thiophene rings is 1. The first kappa shape index (κ1) is 22.8. The average molecular weight is 489 g/mol. The summed E-state index contributed by atoms with van der Waals surface area (Å²) in [6, 6.07) is 14.1. The number of benzene rings is 2. The maximum absolute atomic E-state index is 13.1. The number of azo groups is 1. The van der Waals surface area contributed by atoms with Crippen molar-refractivity contribution in [3.05, 3.63) is 80.6 Å². The number of phenols is 1. The molecule has 2 heterocycles. The molecular weight excluding hydrogens is 464 g/mol. The minimum atomic E-state index is -1.03. The van der Waals surface area contributed by atoms with Gasteiger partial charge in [-0.3, -0.25) is 9.89 Å². The Morgan fingerprint density at radius 2 is 1.94 bits per heavy atom. The number of aromatic hydroxyl groups is 1. The predicted molar refractivity (Wildman–Crippen MR) is 135 cm³/mol. The first-order valence-electron chi connectivity index (χ1n) is 11.2. The smallest absolute Gasteiger partial charge is 0.345 e. The molecule has 178 valence electrons. The van der Waals surface area contributed by atoms with Crippen LogP contribution in [-0.2, 0) is 11.8 Å². The summed E-state index contributed by atoms with van der Waals surface area (Å²) in [5.74, 6) is -1.16. The van der Waals surface area contributed by atoms with E-state index in [1.807, 2.05) is 12.1 Å². The Bertz CT molecular complexity index is 1560. The van der Waals surface area contributed by atoms with E-state index in [0.29, 0.717) is 16.1 Å². The van der Waals surface area contributed by atoms with Gasteiger partial charge in [-0.25, -0.2) is 9.48 Å². The van der Waals surface area contributed by atoms with Crippen LogP contribution < -0.4 is 5.56 Å². The van der Waals surface area contributed by atoms with E-state index in [1.165, 1.54) is 21.9 Å². The molecule has 0 unspecified atom stereocenters. The Hall–Kier alpha value is -3.98. The Morgan fingerprint density at radius 1 is 1.14 bits per heavy atom. The highest BCUT2D eigenvalue weighted by molar-refractivity contribution is 7.17. The van der Waals surface area contributed by atoms with Crippen molar-refractivity contribution in [2.24, 2.45) is 10.2 Å². The Morgan fingerprint density at radius 3 is 2.69 bits per heavy atom. The highest BCUT2D eigenvalue weighted by Gasteiger charge is 2.30. The minimum Gasteiger partial charge on any atom is -0.505 e. The van der Waals surface area contributed by atoms with Crippen molar-refractivity contribution >= 4 is 28.7 Å². The molecule has 9 heteroatoms. The first-order chi connectivity index (χ1) is 16.7. The topological polar surface area (TPSA) is 120 Å². The standard InChI is InChI=1S/C26H24N4O4S/c1-14-22(24(32)30(29-14)16-7-8-18-15(13-16)11-12-26(18,2)3)28-27-19-6-4-5-17(23(19)31)20-9-10-21(35-20)25(33)34/h4-10,13,29,31H,11-12H2,1-3H3,(H,33,34). The van der Waals surface area contributed by atoms with E-state index in [-0.39, 0.29) is 33.0 Å². The lowest BCUT2D eigenvalue weighted by Gasteiger charge is -2.18. The van der Waals surface area contributed by atoms with Gasteiger partial charge in [0.2, 0.25) is 0 Å². The molecule has 0 atom stereocenters. The summed E-state index contributed by atoms with van der Waals surface area (Å²) in [6.07, 6.45) is 2.06. The number of nitrogens with zero attached hydrogens (tertiary/aromatic N) is 3. The number of aromatic amines is 1. The molecule has 1 aliphatic rings. The van der Waals surface area contributed by atoms with Gasteiger partial charge in [-0.05, 0) is 72.7 Å². The van der Waals surface area contributed by atoms with Crippen LogP contribution >= 0.6 is 11.3 Å². The molecule has 1 aliphatic carbocycles. The zero-order valence-corrected chi connectivity index (χ0v) is 20.3. The van der Waals surface area contributed by atoms with Gasteiger partial charge in [0.05, 0.1) is 11.4 Å². The van der Waals surface area contributed by atoms with Crippen LogP contribution in [-0.4, -0.2) is 26.0 Å². The summed E-state index contributed by atoms with van der Waals surface area (Å²) >= 11 is 1.06. The Kier molecular flexibility index (Phi) is 5.44. The summed E-state index contributed by atoms with van der Waals surface area (Å²) in [4.78, 5) is 25.1. The number of carboxylic acids is 1. The molecule has 0 radical (unpaired) electrons. The van der Waals surface area contributed by atoms with Crippen molar-refractivity contribution in [3.63, 3.8) is 0 Å². The van der Waals surface area contributed by atoms with Crippen molar-refractivity contribution in [2.75, 3.05) is 0 Å². The molecule has 35 heavy (non-hydrogen) atoms. The highest BCUT2D eigenvalue weighted by Crippen LogP contribution is 2.41. The maximum Gasteiger partial charge on any atom is 0.345 e. The third-order valence-corrected chi connectivity index (χ3v) is 7.60. The van der Waals surface area contributed by atoms with Crippen LogP contribution in [0.25, 0.3) is 16.1 Å². The van der Waals surface area contributed by atoms with E-state index >= 15 is 0 Å². The third-order valence-electron chi connectivity index (χ3n) is 6.49. The number of hydrogen-bond acceptors (Lipinski definition) is 6. The Labute approximate surface area is 205 Å². The largest absolute Gasteiger partial charge is 0.505 e. The number of para-hydroxylation sites is 1.